The van der Waals surface area contributed by atoms with Crippen LogP contribution in [0.2, 0.25) is 0 Å². The van der Waals surface area contributed by atoms with E-state index in [0.717, 1.165) is 93.9 Å². The van der Waals surface area contributed by atoms with E-state index in [0.29, 0.717) is 17.5 Å². The van der Waals surface area contributed by atoms with Crippen molar-refractivity contribution in [2.24, 2.45) is 0 Å². The molecule has 0 bridgehead atoms. The van der Waals surface area contributed by atoms with Gasteiger partial charge < -0.3 is 8.83 Å². The van der Waals surface area contributed by atoms with E-state index in [2.05, 4.69) is 152 Å². The summed E-state index contributed by atoms with van der Waals surface area (Å²) >= 11 is 0. The molecule has 0 radical (unpaired) electrons. The lowest BCUT2D eigenvalue weighted by Crippen LogP contribution is -2.00. The molecule has 0 aliphatic heterocycles. The summed E-state index contributed by atoms with van der Waals surface area (Å²) in [6.45, 7) is 0. The third kappa shape index (κ3) is 5.45. The number of rotatable bonds is 6. The lowest BCUT2D eigenvalue weighted by atomic mass is 9.95. The summed E-state index contributed by atoms with van der Waals surface area (Å²) in [7, 11) is 0. The van der Waals surface area contributed by atoms with Crippen LogP contribution in [0.4, 0.5) is 0 Å². The average molecular weight is 718 g/mol. The summed E-state index contributed by atoms with van der Waals surface area (Å²) < 4.78 is 12.9. The van der Waals surface area contributed by atoms with E-state index >= 15 is 0 Å². The minimum absolute atomic E-state index is 0.567. The highest BCUT2D eigenvalue weighted by atomic mass is 16.3. The van der Waals surface area contributed by atoms with Crippen molar-refractivity contribution in [3.8, 4) is 67.5 Å². The largest absolute Gasteiger partial charge is 0.456 e. The smallest absolute Gasteiger partial charge is 0.164 e. The van der Waals surface area contributed by atoms with Gasteiger partial charge in [0.15, 0.2) is 17.5 Å². The summed E-state index contributed by atoms with van der Waals surface area (Å²) in [5, 5.41) is 4.26. The number of hydrogen-bond donors (Lipinski definition) is 0. The van der Waals surface area contributed by atoms with Crippen molar-refractivity contribution in [1.29, 1.82) is 0 Å². The van der Waals surface area contributed by atoms with Crippen LogP contribution in [0.1, 0.15) is 0 Å². The molecule has 11 rings (SSSR count). The Balaban J connectivity index is 1.08. The maximum Gasteiger partial charge on any atom is 0.164 e. The number of para-hydroxylation sites is 1. The van der Waals surface area contributed by atoms with Gasteiger partial charge >= 0.3 is 0 Å². The highest BCUT2D eigenvalue weighted by Crippen LogP contribution is 2.43. The van der Waals surface area contributed by atoms with Crippen molar-refractivity contribution in [1.82, 2.24) is 15.0 Å². The SMILES string of the molecule is c1ccc(-c2cccc(-c3nc(-c4cccc(-c5ccccc5)c4)nc(-c4ccc5c(c4)oc4cccc(-c6cccc7oc8ccccc8c67)c45)n3)c2)cc1. The van der Waals surface area contributed by atoms with E-state index in [4.69, 9.17) is 23.8 Å². The Morgan fingerprint density at radius 2 is 0.679 bits per heavy atom. The number of aromatic nitrogens is 3. The molecule has 262 valence electrons. The minimum atomic E-state index is 0.567. The number of fused-ring (bicyclic) bond motifs is 6. The van der Waals surface area contributed by atoms with E-state index in [1.165, 1.54) is 0 Å². The van der Waals surface area contributed by atoms with Gasteiger partial charge in [-0.1, -0.05) is 146 Å². The van der Waals surface area contributed by atoms with Crippen LogP contribution in [-0.2, 0) is 0 Å². The third-order valence-electron chi connectivity index (χ3n) is 10.5. The molecule has 0 saturated carbocycles. The standard InChI is InChI=1S/C51H31N3O2/c1-3-13-32(14-4-1)34-17-9-19-36(29-34)49-52-50(37-20-10-18-35(30-37)33-15-5-2-6-16-33)54-51(53-49)38-27-28-42-46(31-38)56-45-26-12-23-40(48(42)45)39-22-11-25-44-47(39)41-21-7-8-24-43(41)55-44/h1-31H. The summed E-state index contributed by atoms with van der Waals surface area (Å²) in [6.07, 6.45) is 0. The zero-order valence-corrected chi connectivity index (χ0v) is 30.1. The first-order valence-electron chi connectivity index (χ1n) is 18.7. The Morgan fingerprint density at radius 3 is 1.25 bits per heavy atom. The number of hydrogen-bond acceptors (Lipinski definition) is 5. The molecule has 8 aromatic carbocycles. The molecule has 3 aromatic heterocycles. The fourth-order valence-electron chi connectivity index (χ4n) is 7.89. The molecular weight excluding hydrogens is 687 g/mol. The summed E-state index contributed by atoms with van der Waals surface area (Å²) in [5.74, 6) is 1.76. The summed E-state index contributed by atoms with van der Waals surface area (Å²) in [4.78, 5) is 15.3. The van der Waals surface area contributed by atoms with Crippen molar-refractivity contribution in [3.63, 3.8) is 0 Å². The maximum absolute atomic E-state index is 6.62. The van der Waals surface area contributed by atoms with Gasteiger partial charge in [-0.05, 0) is 75.8 Å². The first kappa shape index (κ1) is 31.9. The molecule has 0 N–H and O–H groups in total. The Morgan fingerprint density at radius 1 is 0.268 bits per heavy atom. The van der Waals surface area contributed by atoms with Crippen LogP contribution >= 0.6 is 0 Å². The molecule has 0 spiro atoms. The van der Waals surface area contributed by atoms with Crippen molar-refractivity contribution >= 4 is 43.9 Å². The molecule has 5 heteroatoms. The fraction of sp³-hybridized carbons (Fsp3) is 0. The van der Waals surface area contributed by atoms with E-state index in [1.54, 1.807) is 0 Å². The molecule has 3 heterocycles. The van der Waals surface area contributed by atoms with Crippen LogP contribution < -0.4 is 0 Å². The second-order valence-electron chi connectivity index (χ2n) is 14.0. The molecule has 11 aromatic rings. The second kappa shape index (κ2) is 13.0. The number of nitrogens with zero attached hydrogens (tertiary/aromatic N) is 3. The summed E-state index contributed by atoms with van der Waals surface area (Å²) in [5.41, 5.74) is 12.6. The zero-order chi connectivity index (χ0) is 37.0. The lowest BCUT2D eigenvalue weighted by Gasteiger charge is -2.11. The molecule has 0 atom stereocenters. The van der Waals surface area contributed by atoms with Gasteiger partial charge in [-0.25, -0.2) is 15.0 Å². The van der Waals surface area contributed by atoms with Gasteiger partial charge in [-0.3, -0.25) is 0 Å². The predicted molar refractivity (Wildman–Crippen MR) is 227 cm³/mol. The third-order valence-corrected chi connectivity index (χ3v) is 10.5. The molecule has 0 aliphatic carbocycles. The van der Waals surface area contributed by atoms with E-state index in [9.17, 15) is 0 Å². The average Bonchev–Trinajstić information content (AvgIpc) is 3.85. The highest BCUT2D eigenvalue weighted by molar-refractivity contribution is 6.19. The number of benzene rings is 8. The lowest BCUT2D eigenvalue weighted by molar-refractivity contribution is 0.668. The molecule has 0 saturated heterocycles. The van der Waals surface area contributed by atoms with E-state index in [1.807, 2.05) is 36.4 Å². The first-order valence-corrected chi connectivity index (χ1v) is 18.7. The van der Waals surface area contributed by atoms with Crippen LogP contribution in [-0.4, -0.2) is 15.0 Å². The predicted octanol–water partition coefficient (Wildman–Crippen LogP) is 13.7. The van der Waals surface area contributed by atoms with Gasteiger partial charge in [0.2, 0.25) is 0 Å². The Kier molecular flexibility index (Phi) is 7.42. The molecule has 0 aliphatic rings. The first-order chi connectivity index (χ1) is 27.7. The number of furan rings is 2. The molecule has 0 amide bonds. The van der Waals surface area contributed by atoms with Gasteiger partial charge in [-0.2, -0.15) is 0 Å². The Bertz CT molecular complexity index is 3150. The minimum Gasteiger partial charge on any atom is -0.456 e. The topological polar surface area (TPSA) is 65.0 Å². The zero-order valence-electron chi connectivity index (χ0n) is 30.1. The Labute approximate surface area is 322 Å². The van der Waals surface area contributed by atoms with Crippen molar-refractivity contribution in [2.45, 2.75) is 0 Å². The normalized spacial score (nSPS) is 11.6. The molecule has 0 fully saturated rings. The highest BCUT2D eigenvalue weighted by Gasteiger charge is 2.19. The molecular formula is C51H31N3O2. The van der Waals surface area contributed by atoms with Crippen molar-refractivity contribution in [3.05, 3.63) is 188 Å². The van der Waals surface area contributed by atoms with Gasteiger partial charge in [0, 0.05) is 38.2 Å². The molecule has 5 nitrogen and oxygen atoms in total. The van der Waals surface area contributed by atoms with Crippen molar-refractivity contribution in [2.75, 3.05) is 0 Å². The van der Waals surface area contributed by atoms with E-state index < -0.39 is 0 Å². The van der Waals surface area contributed by atoms with Gasteiger partial charge in [0.1, 0.15) is 22.3 Å². The van der Waals surface area contributed by atoms with Crippen LogP contribution in [0.15, 0.2) is 197 Å². The Hall–Kier alpha value is -7.63. The van der Waals surface area contributed by atoms with Gasteiger partial charge in [0.25, 0.3) is 0 Å². The quantitative estimate of drug-likeness (QED) is 0.171. The van der Waals surface area contributed by atoms with Crippen LogP contribution in [0, 0.1) is 0 Å². The van der Waals surface area contributed by atoms with Crippen LogP contribution in [0.3, 0.4) is 0 Å². The molecule has 56 heavy (non-hydrogen) atoms. The van der Waals surface area contributed by atoms with Crippen LogP contribution in [0.25, 0.3) is 111 Å². The maximum atomic E-state index is 6.62. The second-order valence-corrected chi connectivity index (χ2v) is 14.0. The van der Waals surface area contributed by atoms with Crippen molar-refractivity contribution < 1.29 is 8.83 Å². The summed E-state index contributed by atoms with van der Waals surface area (Å²) in [6, 6.07) is 64.5. The monoisotopic (exact) mass is 717 g/mol. The van der Waals surface area contributed by atoms with E-state index in [-0.39, 0.29) is 0 Å². The molecule has 0 unspecified atom stereocenters. The van der Waals surface area contributed by atoms with Gasteiger partial charge in [0.05, 0.1) is 0 Å². The van der Waals surface area contributed by atoms with Gasteiger partial charge in [-0.15, -0.1) is 0 Å². The fourth-order valence-corrected chi connectivity index (χ4v) is 7.89. The van der Waals surface area contributed by atoms with Crippen LogP contribution in [0.5, 0.6) is 0 Å².